The van der Waals surface area contributed by atoms with Gasteiger partial charge in [0.1, 0.15) is 6.54 Å². The van der Waals surface area contributed by atoms with Gasteiger partial charge in [0.15, 0.2) is 0 Å². The van der Waals surface area contributed by atoms with Crippen LogP contribution in [0.2, 0.25) is 0 Å². The van der Waals surface area contributed by atoms with Gasteiger partial charge in [0.25, 0.3) is 0 Å². The molecule has 0 heterocycles. The number of likely N-dealkylation sites (N-methyl/N-ethyl adjacent to an activating group) is 1. The summed E-state index contributed by atoms with van der Waals surface area (Å²) in [4.78, 5) is 21.5. The van der Waals surface area contributed by atoms with Crippen LogP contribution in [0.15, 0.2) is 0 Å². The third kappa shape index (κ3) is 37.9. The average molecular weight is 379 g/mol. The minimum absolute atomic E-state index is 0. The molecule has 4 N–H and O–H groups in total. The molecule has 0 unspecified atom stereocenters. The Balaban J connectivity index is -0.000000133. The second kappa shape index (κ2) is 21.1. The summed E-state index contributed by atoms with van der Waals surface area (Å²) >= 11 is 4.67. The summed E-state index contributed by atoms with van der Waals surface area (Å²) in [5, 5.41) is 19.3. The molecule has 0 saturated carbocycles. The summed E-state index contributed by atoms with van der Waals surface area (Å²) in [7, 11) is 7.81. The van der Waals surface area contributed by atoms with E-state index < -0.39 is 17.8 Å². The number of nitrogens with zero attached hydrogens (tertiary/aromatic N) is 2. The molecule has 8 nitrogen and oxygen atoms in total. The summed E-state index contributed by atoms with van der Waals surface area (Å²) in [5.41, 5.74) is 10.5. The van der Waals surface area contributed by atoms with Crippen LogP contribution in [0.1, 0.15) is 12.8 Å². The molecule has 0 radical (unpaired) electrons. The van der Waals surface area contributed by atoms with E-state index in [4.69, 9.17) is 21.4 Å². The number of hydrogen-bond donors (Lipinski definition) is 2. The smallest absolute Gasteiger partial charge is 0.549 e. The van der Waals surface area contributed by atoms with Gasteiger partial charge in [-0.3, -0.25) is 0 Å². The maximum absolute atomic E-state index is 10.2. The Morgan fingerprint density at radius 1 is 1.04 bits per heavy atom. The molecule has 0 bridgehead atoms. The molecule has 0 atom stereocenters. The average Bonchev–Trinajstić information content (AvgIpc) is 2.43. The summed E-state index contributed by atoms with van der Waals surface area (Å²) in [6.07, 6.45) is 1.95. The molecule has 0 aromatic carbocycles. The third-order valence-corrected chi connectivity index (χ3v) is 2.66. The van der Waals surface area contributed by atoms with Crippen molar-refractivity contribution in [3.8, 4) is 0 Å². The molecular weight excluding hydrogens is 347 g/mol. The normalized spacial score (nSPS) is 9.83. The predicted molar refractivity (Wildman–Crippen MR) is 88.5 cm³/mol. The fourth-order valence-corrected chi connectivity index (χ4v) is 1.36. The van der Waals surface area contributed by atoms with Gasteiger partial charge in [-0.05, 0) is 40.2 Å². The molecule has 140 valence electrons. The van der Waals surface area contributed by atoms with Crippen LogP contribution in [0.25, 0.3) is 0 Å². The van der Waals surface area contributed by atoms with Crippen LogP contribution in [0, 0.1) is 0 Å². The van der Waals surface area contributed by atoms with Gasteiger partial charge >= 0.3 is 29.6 Å². The van der Waals surface area contributed by atoms with E-state index >= 15 is 0 Å². The molecule has 0 rings (SSSR count). The molecule has 24 heavy (non-hydrogen) atoms. The van der Waals surface area contributed by atoms with E-state index in [1.54, 1.807) is 0 Å². The number of carbonyl (C=O) groups is 2. The zero-order valence-corrected chi connectivity index (χ0v) is 18.5. The maximum atomic E-state index is 10.2. The van der Waals surface area contributed by atoms with Crippen LogP contribution in [-0.2, 0) is 9.59 Å². The predicted octanol–water partition coefficient (Wildman–Crippen LogP) is -5.96. The van der Waals surface area contributed by atoms with Crippen molar-refractivity contribution in [2.75, 3.05) is 66.8 Å². The van der Waals surface area contributed by atoms with Gasteiger partial charge in [0, 0.05) is 6.42 Å². The monoisotopic (exact) mass is 378 g/mol. The summed E-state index contributed by atoms with van der Waals surface area (Å²) < 4.78 is 0.444. The van der Waals surface area contributed by atoms with E-state index in [2.05, 4.69) is 30.6 Å². The van der Waals surface area contributed by atoms with E-state index in [1.165, 1.54) is 0 Å². The van der Waals surface area contributed by atoms with Gasteiger partial charge in [-0.2, -0.15) is 0 Å². The topological polar surface area (TPSA) is 136 Å². The van der Waals surface area contributed by atoms with Gasteiger partial charge < -0.3 is 40.7 Å². The minimum Gasteiger partial charge on any atom is -0.549 e. The molecule has 0 aromatic heterocycles. The molecule has 10 heteroatoms. The van der Waals surface area contributed by atoms with Crippen molar-refractivity contribution in [1.29, 1.82) is 0 Å². The zero-order chi connectivity index (χ0) is 18.9. The molecule has 0 amide bonds. The standard InChI is InChI=1S/C7H16N2O2.C5H14N2.C2H3ClO2.Na/c1-9(2,5-3-4-8)6-7(10)11;1-7(2)5-3-4-6;3-1-2(4)5;/h3-6,8H2,1-2H3;3-6H2,1-2H3;1H2,(H,4,5);/q;;;+1/p-1. The van der Waals surface area contributed by atoms with Crippen molar-refractivity contribution in [3.05, 3.63) is 0 Å². The summed E-state index contributed by atoms with van der Waals surface area (Å²) in [6, 6.07) is 0. The second-order valence-electron chi connectivity index (χ2n) is 5.78. The van der Waals surface area contributed by atoms with E-state index in [0.717, 1.165) is 32.5 Å². The molecular formula is C14H32ClN4NaO4. The Morgan fingerprint density at radius 3 is 1.67 bits per heavy atom. The Hall–Kier alpha value is 0.0700. The Labute approximate surface area is 173 Å². The summed E-state index contributed by atoms with van der Waals surface area (Å²) in [6.45, 7) is 3.36. The largest absolute Gasteiger partial charge is 1.00 e. The van der Waals surface area contributed by atoms with Crippen LogP contribution >= 0.6 is 11.6 Å². The molecule has 0 fully saturated rings. The SMILES string of the molecule is CN(C)CCCN.C[N+](C)(CCCN)CC(=O)[O-].O=C([O-])CCl.[Na+]. The summed E-state index contributed by atoms with van der Waals surface area (Å²) in [5.74, 6) is -2.65. The second-order valence-corrected chi connectivity index (χ2v) is 6.05. The van der Waals surface area contributed by atoms with Crippen molar-refractivity contribution in [2.24, 2.45) is 11.5 Å². The van der Waals surface area contributed by atoms with Crippen molar-refractivity contribution in [1.82, 2.24) is 4.90 Å². The number of rotatable bonds is 9. The quantitative estimate of drug-likeness (QED) is 0.231. The van der Waals surface area contributed by atoms with E-state index in [0.29, 0.717) is 11.0 Å². The Kier molecular flexibility index (Phi) is 28.0. The van der Waals surface area contributed by atoms with Crippen molar-refractivity contribution < 1.29 is 53.8 Å². The van der Waals surface area contributed by atoms with Crippen LogP contribution in [0.4, 0.5) is 0 Å². The minimum atomic E-state index is -1.23. The number of carboxylic acids is 2. The number of aliphatic carboxylic acids is 2. The maximum Gasteiger partial charge on any atom is 1.00 e. The van der Waals surface area contributed by atoms with E-state index in [9.17, 15) is 9.90 Å². The number of nitrogens with two attached hydrogens (primary N) is 2. The first-order chi connectivity index (χ1) is 10.5. The number of quaternary nitrogens is 1. The zero-order valence-electron chi connectivity index (χ0n) is 15.7. The van der Waals surface area contributed by atoms with Crippen LogP contribution < -0.4 is 51.2 Å². The van der Waals surface area contributed by atoms with Gasteiger partial charge in [0.05, 0.1) is 38.5 Å². The third-order valence-electron chi connectivity index (χ3n) is 2.44. The molecule has 0 spiro atoms. The van der Waals surface area contributed by atoms with Crippen molar-refractivity contribution >= 4 is 23.5 Å². The van der Waals surface area contributed by atoms with Gasteiger partial charge in [0.2, 0.25) is 0 Å². The molecule has 0 aliphatic rings. The van der Waals surface area contributed by atoms with Crippen LogP contribution in [0.3, 0.4) is 0 Å². The van der Waals surface area contributed by atoms with Crippen LogP contribution in [0.5, 0.6) is 0 Å². The molecule has 0 aliphatic heterocycles. The van der Waals surface area contributed by atoms with Crippen LogP contribution in [-0.4, -0.2) is 88.1 Å². The fourth-order valence-electron chi connectivity index (χ4n) is 1.36. The molecule has 0 saturated heterocycles. The number of halogens is 1. The number of hydrogen-bond acceptors (Lipinski definition) is 7. The van der Waals surface area contributed by atoms with Gasteiger partial charge in [-0.1, -0.05) is 0 Å². The number of carboxylic acid groups (broad SMARTS) is 2. The van der Waals surface area contributed by atoms with Crippen molar-refractivity contribution in [3.63, 3.8) is 0 Å². The fraction of sp³-hybridized carbons (Fsp3) is 0.857. The van der Waals surface area contributed by atoms with Gasteiger partial charge in [-0.25, -0.2) is 0 Å². The number of alkyl halides is 1. The first-order valence-electron chi connectivity index (χ1n) is 7.34. The Morgan fingerprint density at radius 2 is 1.46 bits per heavy atom. The molecule has 0 aliphatic carbocycles. The first-order valence-corrected chi connectivity index (χ1v) is 7.88. The van der Waals surface area contributed by atoms with Gasteiger partial charge in [-0.15, -0.1) is 11.6 Å². The van der Waals surface area contributed by atoms with E-state index in [-0.39, 0.29) is 36.1 Å². The number of carbonyl (C=O) groups excluding carboxylic acids is 2. The molecule has 0 aromatic rings. The van der Waals surface area contributed by atoms with E-state index in [1.807, 2.05) is 14.1 Å². The van der Waals surface area contributed by atoms with Crippen molar-refractivity contribution in [2.45, 2.75) is 12.8 Å². The first kappa shape index (κ1) is 31.8. The Bertz CT molecular complexity index is 308.